The maximum atomic E-state index is 13.8. The van der Waals surface area contributed by atoms with Gasteiger partial charge in [-0.05, 0) is 37.1 Å². The molecular weight excluding hydrogens is 518 g/mol. The zero-order valence-corrected chi connectivity index (χ0v) is 22.7. The number of methoxy groups -OCH3 is 2. The molecule has 0 saturated heterocycles. The van der Waals surface area contributed by atoms with Crippen LogP contribution in [0.25, 0.3) is 0 Å². The van der Waals surface area contributed by atoms with Crippen LogP contribution in [0.15, 0.2) is 78.3 Å². The van der Waals surface area contributed by atoms with E-state index in [2.05, 4.69) is 39.8 Å². The SMILES string of the molecule is COc1cc(NC(=O)C2=C(C)Nc3ncnn3[C@@H]2c2ccc(OCc3cccc(C)c3)cc2)c(OC)cc1Cl. The van der Waals surface area contributed by atoms with E-state index in [1.165, 1.54) is 26.1 Å². The van der Waals surface area contributed by atoms with E-state index in [9.17, 15) is 4.79 Å². The molecule has 1 aromatic heterocycles. The number of aromatic nitrogens is 3. The molecule has 39 heavy (non-hydrogen) atoms. The van der Waals surface area contributed by atoms with Crippen LogP contribution in [-0.2, 0) is 11.4 Å². The molecule has 0 spiro atoms. The molecule has 3 aromatic carbocycles. The van der Waals surface area contributed by atoms with Gasteiger partial charge in [0.1, 0.15) is 36.2 Å². The van der Waals surface area contributed by atoms with Crippen molar-refractivity contribution in [2.24, 2.45) is 0 Å². The number of nitrogens with zero attached hydrogens (tertiary/aromatic N) is 3. The van der Waals surface area contributed by atoms with Crippen molar-refractivity contribution in [3.63, 3.8) is 0 Å². The maximum Gasteiger partial charge on any atom is 0.255 e. The molecule has 2 heterocycles. The Bertz CT molecular complexity index is 1550. The Labute approximate surface area is 231 Å². The summed E-state index contributed by atoms with van der Waals surface area (Å²) in [5, 5.41) is 10.9. The smallest absolute Gasteiger partial charge is 0.255 e. The van der Waals surface area contributed by atoms with Gasteiger partial charge in [-0.25, -0.2) is 4.68 Å². The van der Waals surface area contributed by atoms with Crippen molar-refractivity contribution in [2.45, 2.75) is 26.5 Å². The highest BCUT2D eigenvalue weighted by molar-refractivity contribution is 6.32. The third-order valence-corrected chi connectivity index (χ3v) is 6.74. The normalized spacial score (nSPS) is 14.3. The number of amides is 1. The molecule has 1 aliphatic heterocycles. The van der Waals surface area contributed by atoms with Crippen LogP contribution in [0.3, 0.4) is 0 Å². The molecule has 0 saturated carbocycles. The van der Waals surface area contributed by atoms with Gasteiger partial charge in [0.05, 0.1) is 30.5 Å². The number of halogens is 1. The largest absolute Gasteiger partial charge is 0.495 e. The Morgan fingerprint density at radius 3 is 2.54 bits per heavy atom. The predicted molar refractivity (Wildman–Crippen MR) is 150 cm³/mol. The Hall–Kier alpha value is -4.50. The molecule has 0 radical (unpaired) electrons. The molecule has 0 unspecified atom stereocenters. The summed E-state index contributed by atoms with van der Waals surface area (Å²) in [6.07, 6.45) is 1.45. The first-order valence-corrected chi connectivity index (χ1v) is 12.6. The van der Waals surface area contributed by atoms with E-state index in [-0.39, 0.29) is 5.91 Å². The van der Waals surface area contributed by atoms with Crippen molar-refractivity contribution in [3.05, 3.63) is 100.0 Å². The molecule has 9 nitrogen and oxygen atoms in total. The summed E-state index contributed by atoms with van der Waals surface area (Å²) in [4.78, 5) is 18.1. The third-order valence-electron chi connectivity index (χ3n) is 6.44. The first-order chi connectivity index (χ1) is 18.9. The number of rotatable bonds is 8. The molecule has 1 aliphatic rings. The summed E-state index contributed by atoms with van der Waals surface area (Å²) in [7, 11) is 3.01. The number of ether oxygens (including phenoxy) is 3. The minimum Gasteiger partial charge on any atom is -0.495 e. The second-order valence-corrected chi connectivity index (χ2v) is 9.49. The Balaban J connectivity index is 1.43. The van der Waals surface area contributed by atoms with Crippen LogP contribution in [0.4, 0.5) is 11.6 Å². The average Bonchev–Trinajstić information content (AvgIpc) is 3.40. The van der Waals surface area contributed by atoms with Crippen molar-refractivity contribution in [2.75, 3.05) is 24.9 Å². The van der Waals surface area contributed by atoms with E-state index in [4.69, 9.17) is 25.8 Å². The summed E-state index contributed by atoms with van der Waals surface area (Å²) in [5.74, 6) is 1.74. The van der Waals surface area contributed by atoms with Crippen molar-refractivity contribution >= 4 is 29.1 Å². The summed E-state index contributed by atoms with van der Waals surface area (Å²) in [6.45, 7) is 4.35. The molecule has 200 valence electrons. The van der Waals surface area contributed by atoms with E-state index in [1.807, 2.05) is 43.3 Å². The number of benzene rings is 3. The molecule has 4 aromatic rings. The summed E-state index contributed by atoms with van der Waals surface area (Å²) < 4.78 is 18.5. The summed E-state index contributed by atoms with van der Waals surface area (Å²) in [5.41, 5.74) is 4.67. The van der Waals surface area contributed by atoms with Crippen LogP contribution in [0.1, 0.15) is 29.7 Å². The van der Waals surface area contributed by atoms with Crippen LogP contribution in [0.2, 0.25) is 5.02 Å². The van der Waals surface area contributed by atoms with Crippen molar-refractivity contribution < 1.29 is 19.0 Å². The van der Waals surface area contributed by atoms with Crippen LogP contribution in [-0.4, -0.2) is 34.9 Å². The molecule has 0 fully saturated rings. The fourth-order valence-electron chi connectivity index (χ4n) is 4.56. The summed E-state index contributed by atoms with van der Waals surface area (Å²) >= 11 is 6.25. The van der Waals surface area contributed by atoms with Gasteiger partial charge in [-0.2, -0.15) is 10.1 Å². The highest BCUT2D eigenvalue weighted by Crippen LogP contribution is 2.39. The van der Waals surface area contributed by atoms with Crippen LogP contribution in [0, 0.1) is 6.92 Å². The van der Waals surface area contributed by atoms with E-state index in [0.29, 0.717) is 46.0 Å². The Morgan fingerprint density at radius 2 is 1.82 bits per heavy atom. The highest BCUT2D eigenvalue weighted by Gasteiger charge is 2.34. The molecule has 0 aliphatic carbocycles. The quantitative estimate of drug-likeness (QED) is 0.290. The highest BCUT2D eigenvalue weighted by atomic mass is 35.5. The minimum absolute atomic E-state index is 0.339. The number of hydrogen-bond donors (Lipinski definition) is 2. The van der Waals surface area contributed by atoms with Gasteiger partial charge in [0.2, 0.25) is 5.95 Å². The lowest BCUT2D eigenvalue weighted by Gasteiger charge is -2.29. The van der Waals surface area contributed by atoms with Gasteiger partial charge in [-0.1, -0.05) is 53.6 Å². The Kier molecular flexibility index (Phi) is 7.42. The lowest BCUT2D eigenvalue weighted by atomic mass is 9.95. The van der Waals surface area contributed by atoms with E-state index in [0.717, 1.165) is 16.9 Å². The fourth-order valence-corrected chi connectivity index (χ4v) is 4.79. The third kappa shape index (κ3) is 5.39. The van der Waals surface area contributed by atoms with Crippen molar-refractivity contribution in [3.8, 4) is 17.2 Å². The van der Waals surface area contributed by atoms with Gasteiger partial charge in [0.15, 0.2) is 0 Å². The van der Waals surface area contributed by atoms with Gasteiger partial charge in [0, 0.05) is 17.8 Å². The second-order valence-electron chi connectivity index (χ2n) is 9.08. The van der Waals surface area contributed by atoms with Crippen LogP contribution >= 0.6 is 11.6 Å². The molecule has 1 atom stereocenters. The minimum atomic E-state index is -0.533. The number of aryl methyl sites for hydroxylation is 1. The lowest BCUT2D eigenvalue weighted by Crippen LogP contribution is -2.31. The topological polar surface area (TPSA) is 99.5 Å². The van der Waals surface area contributed by atoms with E-state index in [1.54, 1.807) is 16.8 Å². The monoisotopic (exact) mass is 545 g/mol. The second kappa shape index (κ2) is 11.1. The standard InChI is InChI=1S/C29H28ClN5O4/c1-17-6-5-7-19(12-17)15-39-21-10-8-20(9-11-21)27-26(18(2)33-29-31-16-32-35(27)29)28(36)34-23-14-24(37-3)22(30)13-25(23)38-4/h5-14,16,27H,15H2,1-4H3,(H,34,36)(H,31,32,33)/t27-/m1/s1. The van der Waals surface area contributed by atoms with E-state index < -0.39 is 6.04 Å². The van der Waals surface area contributed by atoms with Gasteiger partial charge in [-0.3, -0.25) is 4.79 Å². The first-order valence-electron chi connectivity index (χ1n) is 12.3. The van der Waals surface area contributed by atoms with Crippen molar-refractivity contribution in [1.82, 2.24) is 14.8 Å². The zero-order valence-electron chi connectivity index (χ0n) is 22.0. The van der Waals surface area contributed by atoms with E-state index >= 15 is 0 Å². The molecule has 1 amide bonds. The summed E-state index contributed by atoms with van der Waals surface area (Å²) in [6, 6.07) is 18.5. The first kappa shape index (κ1) is 26.1. The number of carbonyl (C=O) groups excluding carboxylic acids is 1. The number of anilines is 2. The average molecular weight is 546 g/mol. The van der Waals surface area contributed by atoms with Gasteiger partial charge in [0.25, 0.3) is 5.91 Å². The van der Waals surface area contributed by atoms with Gasteiger partial charge < -0.3 is 24.8 Å². The van der Waals surface area contributed by atoms with Crippen LogP contribution < -0.4 is 24.8 Å². The number of carbonyl (C=O) groups is 1. The number of fused-ring (bicyclic) bond motifs is 1. The molecule has 0 bridgehead atoms. The Morgan fingerprint density at radius 1 is 1.05 bits per heavy atom. The lowest BCUT2D eigenvalue weighted by molar-refractivity contribution is -0.113. The van der Waals surface area contributed by atoms with Crippen molar-refractivity contribution in [1.29, 1.82) is 0 Å². The zero-order chi connectivity index (χ0) is 27.5. The number of hydrogen-bond acceptors (Lipinski definition) is 7. The van der Waals surface area contributed by atoms with Gasteiger partial charge in [-0.15, -0.1) is 0 Å². The fraction of sp³-hybridized carbons (Fsp3) is 0.207. The van der Waals surface area contributed by atoms with Crippen LogP contribution in [0.5, 0.6) is 17.2 Å². The maximum absolute atomic E-state index is 13.8. The molecular formula is C29H28ClN5O4. The molecule has 5 rings (SSSR count). The number of nitrogens with one attached hydrogen (secondary N) is 2. The molecule has 2 N–H and O–H groups in total. The predicted octanol–water partition coefficient (Wildman–Crippen LogP) is 5.76. The number of allylic oxidation sites excluding steroid dienone is 1. The van der Waals surface area contributed by atoms with Gasteiger partial charge >= 0.3 is 0 Å². The molecule has 10 heteroatoms.